The lowest BCUT2D eigenvalue weighted by Gasteiger charge is -2.18. The van der Waals surface area contributed by atoms with Crippen LogP contribution in [0.15, 0.2) is 87.2 Å². The van der Waals surface area contributed by atoms with E-state index in [1.54, 1.807) is 38.6 Å². The SMILES string of the molecule is CCOc1cc(C)c(-c2nc3ccccc3c(=O)n2N=Cc2cc(OC)c(OCc3ccc(Br)cc3)c(OC)c2)cc1C(C)C. The lowest BCUT2D eigenvalue weighted by atomic mass is 9.96. The van der Waals surface area contributed by atoms with Crippen molar-refractivity contribution in [2.24, 2.45) is 5.10 Å². The number of fused-ring (bicyclic) bond motifs is 1. The molecule has 0 aliphatic rings. The topological polar surface area (TPSA) is 84.2 Å². The molecular formula is C36H36BrN3O5. The van der Waals surface area contributed by atoms with E-state index in [9.17, 15) is 4.79 Å². The molecule has 0 aliphatic heterocycles. The van der Waals surface area contributed by atoms with Crippen LogP contribution < -0.4 is 24.5 Å². The fourth-order valence-electron chi connectivity index (χ4n) is 5.05. The average molecular weight is 671 g/mol. The molecule has 1 aromatic heterocycles. The smallest absolute Gasteiger partial charge is 0.282 e. The Balaban J connectivity index is 1.60. The summed E-state index contributed by atoms with van der Waals surface area (Å²) in [4.78, 5) is 18.8. The van der Waals surface area contributed by atoms with Crippen LogP contribution in [-0.2, 0) is 6.61 Å². The van der Waals surface area contributed by atoms with Gasteiger partial charge in [0.15, 0.2) is 17.3 Å². The molecule has 0 atom stereocenters. The minimum absolute atomic E-state index is 0.194. The lowest BCUT2D eigenvalue weighted by Crippen LogP contribution is -2.21. The minimum Gasteiger partial charge on any atom is -0.494 e. The Morgan fingerprint density at radius 1 is 0.933 bits per heavy atom. The largest absolute Gasteiger partial charge is 0.494 e. The molecule has 5 aromatic rings. The number of nitrogens with zero attached hydrogens (tertiary/aromatic N) is 3. The van der Waals surface area contributed by atoms with Crippen LogP contribution in [-0.4, -0.2) is 36.7 Å². The van der Waals surface area contributed by atoms with Gasteiger partial charge in [0.1, 0.15) is 12.4 Å². The van der Waals surface area contributed by atoms with Crippen molar-refractivity contribution >= 4 is 33.0 Å². The molecule has 0 saturated heterocycles. The highest BCUT2D eigenvalue weighted by atomic mass is 79.9. The Morgan fingerprint density at radius 3 is 2.27 bits per heavy atom. The van der Waals surface area contributed by atoms with Crippen molar-refractivity contribution in [1.82, 2.24) is 9.66 Å². The number of ether oxygens (including phenoxy) is 4. The first-order valence-electron chi connectivity index (χ1n) is 14.7. The highest BCUT2D eigenvalue weighted by molar-refractivity contribution is 9.10. The molecular weight excluding hydrogens is 634 g/mol. The van der Waals surface area contributed by atoms with Crippen LogP contribution in [0, 0.1) is 6.92 Å². The molecule has 8 nitrogen and oxygen atoms in total. The van der Waals surface area contributed by atoms with Gasteiger partial charge in [0, 0.05) is 15.6 Å². The van der Waals surface area contributed by atoms with E-state index < -0.39 is 0 Å². The summed E-state index contributed by atoms with van der Waals surface area (Å²) in [7, 11) is 3.14. The van der Waals surface area contributed by atoms with Gasteiger partial charge in [0.25, 0.3) is 5.56 Å². The van der Waals surface area contributed by atoms with Crippen molar-refractivity contribution < 1.29 is 18.9 Å². The van der Waals surface area contributed by atoms with Crippen LogP contribution in [0.2, 0.25) is 0 Å². The van der Waals surface area contributed by atoms with Gasteiger partial charge < -0.3 is 18.9 Å². The number of para-hydroxylation sites is 1. The van der Waals surface area contributed by atoms with Gasteiger partial charge in [-0.05, 0) is 85.0 Å². The van der Waals surface area contributed by atoms with Crippen LogP contribution in [0.5, 0.6) is 23.0 Å². The first-order valence-corrected chi connectivity index (χ1v) is 15.5. The Hall–Kier alpha value is -4.63. The summed E-state index contributed by atoms with van der Waals surface area (Å²) in [5.41, 5.74) is 4.71. The fraction of sp³-hybridized carbons (Fsp3) is 0.250. The number of aryl methyl sites for hydroxylation is 1. The van der Waals surface area contributed by atoms with E-state index in [4.69, 9.17) is 23.9 Å². The monoisotopic (exact) mass is 669 g/mol. The zero-order chi connectivity index (χ0) is 32.1. The van der Waals surface area contributed by atoms with Crippen molar-refractivity contribution in [2.45, 2.75) is 40.2 Å². The molecule has 4 aromatic carbocycles. The van der Waals surface area contributed by atoms with E-state index in [0.29, 0.717) is 52.8 Å². The predicted molar refractivity (Wildman–Crippen MR) is 182 cm³/mol. The van der Waals surface area contributed by atoms with E-state index in [2.05, 4.69) is 40.9 Å². The van der Waals surface area contributed by atoms with Gasteiger partial charge in [-0.25, -0.2) is 4.98 Å². The Bertz CT molecular complexity index is 1890. The number of halogens is 1. The lowest BCUT2D eigenvalue weighted by molar-refractivity contribution is 0.266. The van der Waals surface area contributed by atoms with Crippen molar-refractivity contribution in [1.29, 1.82) is 0 Å². The van der Waals surface area contributed by atoms with Gasteiger partial charge >= 0.3 is 0 Å². The molecule has 5 rings (SSSR count). The molecule has 0 N–H and O–H groups in total. The van der Waals surface area contributed by atoms with Gasteiger partial charge in [-0.15, -0.1) is 0 Å². The average Bonchev–Trinajstić information content (AvgIpc) is 3.04. The molecule has 0 amide bonds. The summed E-state index contributed by atoms with van der Waals surface area (Å²) in [6.45, 7) is 9.07. The number of aromatic nitrogens is 2. The van der Waals surface area contributed by atoms with E-state index >= 15 is 0 Å². The van der Waals surface area contributed by atoms with Crippen molar-refractivity contribution in [3.8, 4) is 34.4 Å². The van der Waals surface area contributed by atoms with E-state index in [1.165, 1.54) is 4.68 Å². The number of methoxy groups -OCH3 is 2. The van der Waals surface area contributed by atoms with Crippen LogP contribution in [0.4, 0.5) is 0 Å². The third-order valence-corrected chi connectivity index (χ3v) is 7.90. The quantitative estimate of drug-likeness (QED) is 0.132. The maximum absolute atomic E-state index is 13.9. The second-order valence-corrected chi connectivity index (χ2v) is 11.7. The zero-order valence-corrected chi connectivity index (χ0v) is 27.8. The van der Waals surface area contributed by atoms with Crippen molar-refractivity contribution in [3.63, 3.8) is 0 Å². The summed E-state index contributed by atoms with van der Waals surface area (Å²) in [5.74, 6) is 2.87. The first-order chi connectivity index (χ1) is 21.7. The van der Waals surface area contributed by atoms with Crippen LogP contribution in [0.1, 0.15) is 48.9 Å². The maximum atomic E-state index is 13.9. The second kappa shape index (κ2) is 14.0. The van der Waals surface area contributed by atoms with E-state index in [1.807, 2.05) is 62.4 Å². The molecule has 0 spiro atoms. The van der Waals surface area contributed by atoms with Gasteiger partial charge in [-0.3, -0.25) is 4.79 Å². The third-order valence-electron chi connectivity index (χ3n) is 7.37. The number of rotatable bonds is 11. The maximum Gasteiger partial charge on any atom is 0.282 e. The Kier molecular flexibility index (Phi) is 9.88. The summed E-state index contributed by atoms with van der Waals surface area (Å²) < 4.78 is 25.8. The normalized spacial score (nSPS) is 11.4. The highest BCUT2D eigenvalue weighted by Gasteiger charge is 2.19. The van der Waals surface area contributed by atoms with Gasteiger partial charge in [0.2, 0.25) is 5.75 Å². The van der Waals surface area contributed by atoms with Gasteiger partial charge in [0.05, 0.1) is 37.9 Å². The molecule has 45 heavy (non-hydrogen) atoms. The van der Waals surface area contributed by atoms with Crippen LogP contribution in [0.3, 0.4) is 0 Å². The third kappa shape index (κ3) is 6.88. The Labute approximate surface area is 271 Å². The van der Waals surface area contributed by atoms with Crippen LogP contribution in [0.25, 0.3) is 22.3 Å². The molecule has 0 radical (unpaired) electrons. The molecule has 0 fully saturated rings. The molecule has 0 saturated carbocycles. The van der Waals surface area contributed by atoms with Gasteiger partial charge in [-0.1, -0.05) is 54.0 Å². The predicted octanol–water partition coefficient (Wildman–Crippen LogP) is 8.13. The summed E-state index contributed by atoms with van der Waals surface area (Å²) >= 11 is 3.46. The van der Waals surface area contributed by atoms with E-state index in [-0.39, 0.29) is 11.5 Å². The van der Waals surface area contributed by atoms with Crippen molar-refractivity contribution in [2.75, 3.05) is 20.8 Å². The number of benzene rings is 4. The Morgan fingerprint density at radius 2 is 1.62 bits per heavy atom. The molecule has 9 heteroatoms. The first kappa shape index (κ1) is 31.8. The number of hydrogen-bond acceptors (Lipinski definition) is 7. The molecule has 0 unspecified atom stereocenters. The highest BCUT2D eigenvalue weighted by Crippen LogP contribution is 2.39. The molecule has 1 heterocycles. The van der Waals surface area contributed by atoms with E-state index in [0.717, 1.165) is 32.5 Å². The van der Waals surface area contributed by atoms with Gasteiger partial charge in [-0.2, -0.15) is 9.78 Å². The molecule has 0 aliphatic carbocycles. The standard InChI is InChI=1S/C36H36BrN3O5/c1-7-44-31-16-23(4)29(19-28(31)22(2)3)35-39-30-11-9-8-10-27(30)36(41)40(35)38-20-25-17-32(42-5)34(33(18-25)43-6)45-21-24-12-14-26(37)15-13-24/h8-20,22H,7,21H2,1-6H3. The summed E-state index contributed by atoms with van der Waals surface area (Å²) in [5, 5.41) is 5.16. The van der Waals surface area contributed by atoms with Crippen LogP contribution >= 0.6 is 15.9 Å². The van der Waals surface area contributed by atoms with Crippen molar-refractivity contribution in [3.05, 3.63) is 110 Å². The zero-order valence-electron chi connectivity index (χ0n) is 26.3. The molecule has 0 bridgehead atoms. The molecule has 232 valence electrons. The summed E-state index contributed by atoms with van der Waals surface area (Å²) in [6, 6.07) is 22.8. The minimum atomic E-state index is -0.278. The number of hydrogen-bond donors (Lipinski definition) is 0. The fourth-order valence-corrected chi connectivity index (χ4v) is 5.32. The second-order valence-electron chi connectivity index (χ2n) is 10.8. The summed E-state index contributed by atoms with van der Waals surface area (Å²) in [6.07, 6.45) is 1.60.